The molecule has 0 spiro atoms. The highest BCUT2D eigenvalue weighted by Crippen LogP contribution is 2.34. The van der Waals surface area contributed by atoms with Gasteiger partial charge in [-0.15, -0.1) is 0 Å². The number of rotatable bonds is 6. The van der Waals surface area contributed by atoms with Crippen molar-refractivity contribution in [3.63, 3.8) is 0 Å². The molecule has 2 aromatic carbocycles. The Hall–Kier alpha value is -4.20. The van der Waals surface area contributed by atoms with Gasteiger partial charge in [-0.05, 0) is 36.6 Å². The summed E-state index contributed by atoms with van der Waals surface area (Å²) in [6, 6.07) is 15.5. The van der Waals surface area contributed by atoms with Crippen LogP contribution < -0.4 is 4.74 Å². The standard InChI is InChI=1S/C27H26N2O6/c1-3-33-27(31)21-15-29(12-11-20-19-10-9-18(32-2)14-22(19)28-25(20)21)26(30)23-16-34-24(35-23)13-17-7-5-4-6-8-17/h4-10,14-16,24,28H,3,11-13H2,1-2H3. The highest BCUT2D eigenvalue weighted by Gasteiger charge is 2.32. The van der Waals surface area contributed by atoms with Crippen molar-refractivity contribution in [2.24, 2.45) is 0 Å². The van der Waals surface area contributed by atoms with E-state index in [2.05, 4.69) is 4.98 Å². The maximum absolute atomic E-state index is 13.3. The molecule has 35 heavy (non-hydrogen) atoms. The fourth-order valence-electron chi connectivity index (χ4n) is 4.37. The van der Waals surface area contributed by atoms with Gasteiger partial charge < -0.3 is 28.8 Å². The smallest absolute Gasteiger partial charge is 0.341 e. The molecule has 8 heteroatoms. The second-order valence-corrected chi connectivity index (χ2v) is 8.26. The summed E-state index contributed by atoms with van der Waals surface area (Å²) in [5.74, 6) is -0.0710. The number of hydrogen-bond donors (Lipinski definition) is 1. The normalized spacial score (nSPS) is 17.0. The molecule has 0 aliphatic carbocycles. The molecule has 8 nitrogen and oxygen atoms in total. The number of aromatic amines is 1. The SMILES string of the molecule is CCOC(=O)C1=CN(C(=O)C2=COC(Cc3ccccc3)O2)CCc2c1[nH]c1cc(OC)ccc21. The molecule has 0 bridgehead atoms. The van der Waals surface area contributed by atoms with Gasteiger partial charge in [0.1, 0.15) is 12.0 Å². The highest BCUT2D eigenvalue weighted by atomic mass is 16.7. The van der Waals surface area contributed by atoms with Gasteiger partial charge in [0, 0.05) is 36.1 Å². The van der Waals surface area contributed by atoms with Gasteiger partial charge in [-0.25, -0.2) is 4.79 Å². The van der Waals surface area contributed by atoms with Gasteiger partial charge in [-0.1, -0.05) is 30.3 Å². The molecule has 3 heterocycles. The van der Waals surface area contributed by atoms with Crippen LogP contribution in [0.15, 0.2) is 66.8 Å². The van der Waals surface area contributed by atoms with Crippen LogP contribution in [0.3, 0.4) is 0 Å². The van der Waals surface area contributed by atoms with E-state index in [1.165, 1.54) is 17.4 Å². The van der Waals surface area contributed by atoms with Crippen LogP contribution in [0, 0.1) is 0 Å². The van der Waals surface area contributed by atoms with E-state index in [1.807, 2.05) is 48.5 Å². The first-order valence-corrected chi connectivity index (χ1v) is 11.5. The van der Waals surface area contributed by atoms with Gasteiger partial charge >= 0.3 is 5.97 Å². The number of carbonyl (C=O) groups excluding carboxylic acids is 2. The van der Waals surface area contributed by atoms with Gasteiger partial charge in [-0.3, -0.25) is 4.79 Å². The van der Waals surface area contributed by atoms with Crippen molar-refractivity contribution in [1.82, 2.24) is 9.88 Å². The predicted octanol–water partition coefficient (Wildman–Crippen LogP) is 3.92. The van der Waals surface area contributed by atoms with E-state index in [1.54, 1.807) is 14.0 Å². The summed E-state index contributed by atoms with van der Waals surface area (Å²) in [6.45, 7) is 2.32. The second kappa shape index (κ2) is 9.58. The van der Waals surface area contributed by atoms with Gasteiger partial charge in [-0.2, -0.15) is 0 Å². The zero-order valence-corrected chi connectivity index (χ0v) is 19.6. The number of carbonyl (C=O) groups is 2. The van der Waals surface area contributed by atoms with Crippen molar-refractivity contribution >= 4 is 28.4 Å². The minimum absolute atomic E-state index is 0.102. The Morgan fingerprint density at radius 3 is 2.77 bits per heavy atom. The second-order valence-electron chi connectivity index (χ2n) is 8.26. The molecule has 1 atom stereocenters. The molecular weight excluding hydrogens is 448 g/mol. The minimum Gasteiger partial charge on any atom is -0.497 e. The maximum atomic E-state index is 13.3. The van der Waals surface area contributed by atoms with E-state index in [9.17, 15) is 9.59 Å². The lowest BCUT2D eigenvalue weighted by Crippen LogP contribution is -2.30. The monoisotopic (exact) mass is 474 g/mol. The molecule has 3 aromatic rings. The van der Waals surface area contributed by atoms with E-state index >= 15 is 0 Å². The zero-order chi connectivity index (χ0) is 24.4. The Balaban J connectivity index is 1.41. The average molecular weight is 475 g/mol. The van der Waals surface area contributed by atoms with Crippen LogP contribution in [0.4, 0.5) is 0 Å². The quantitative estimate of drug-likeness (QED) is 0.545. The van der Waals surface area contributed by atoms with E-state index in [4.69, 9.17) is 18.9 Å². The number of aromatic nitrogens is 1. The van der Waals surface area contributed by atoms with Gasteiger partial charge in [0.05, 0.1) is 25.0 Å². The summed E-state index contributed by atoms with van der Waals surface area (Å²) < 4.78 is 22.0. The minimum atomic E-state index is -0.580. The summed E-state index contributed by atoms with van der Waals surface area (Å²) >= 11 is 0. The molecule has 0 fully saturated rings. The zero-order valence-electron chi connectivity index (χ0n) is 19.6. The van der Waals surface area contributed by atoms with Crippen molar-refractivity contribution in [2.45, 2.75) is 26.1 Å². The van der Waals surface area contributed by atoms with E-state index in [-0.39, 0.29) is 23.8 Å². The summed E-state index contributed by atoms with van der Waals surface area (Å²) in [5.41, 5.74) is 3.76. The molecule has 0 radical (unpaired) electrons. The van der Waals surface area contributed by atoms with Crippen molar-refractivity contribution in [3.8, 4) is 5.75 Å². The predicted molar refractivity (Wildman–Crippen MR) is 129 cm³/mol. The summed E-state index contributed by atoms with van der Waals surface area (Å²) in [6.07, 6.45) is 3.35. The molecule has 1 N–H and O–H groups in total. The largest absolute Gasteiger partial charge is 0.497 e. The van der Waals surface area contributed by atoms with Crippen LogP contribution in [0.1, 0.15) is 23.7 Å². The van der Waals surface area contributed by atoms with Gasteiger partial charge in [0.25, 0.3) is 5.91 Å². The highest BCUT2D eigenvalue weighted by molar-refractivity contribution is 6.18. The number of ether oxygens (including phenoxy) is 4. The molecule has 0 saturated heterocycles. The Morgan fingerprint density at radius 2 is 2.00 bits per heavy atom. The van der Waals surface area contributed by atoms with E-state index < -0.39 is 12.3 Å². The molecular formula is C27H26N2O6. The molecule has 5 rings (SSSR count). The molecule has 2 aliphatic rings. The maximum Gasteiger partial charge on any atom is 0.341 e. The topological polar surface area (TPSA) is 90.1 Å². The first-order valence-electron chi connectivity index (χ1n) is 11.5. The Bertz CT molecular complexity index is 1320. The van der Waals surface area contributed by atoms with E-state index in [0.29, 0.717) is 30.8 Å². The van der Waals surface area contributed by atoms with Crippen molar-refractivity contribution in [2.75, 3.05) is 20.3 Å². The van der Waals surface area contributed by atoms with Crippen LogP contribution in [0.25, 0.3) is 16.5 Å². The molecule has 180 valence electrons. The number of esters is 1. The third kappa shape index (κ3) is 4.47. The number of benzene rings is 2. The van der Waals surface area contributed by atoms with Crippen LogP contribution in [-0.4, -0.2) is 48.3 Å². The van der Waals surface area contributed by atoms with Gasteiger partial charge in [0.2, 0.25) is 12.0 Å². The number of hydrogen-bond acceptors (Lipinski definition) is 6. The summed E-state index contributed by atoms with van der Waals surface area (Å²) in [5, 5.41) is 0.966. The fourth-order valence-corrected chi connectivity index (χ4v) is 4.37. The molecule has 2 aliphatic heterocycles. The van der Waals surface area contributed by atoms with E-state index in [0.717, 1.165) is 22.0 Å². The third-order valence-corrected chi connectivity index (χ3v) is 6.07. The Labute approximate surface area is 202 Å². The third-order valence-electron chi connectivity index (χ3n) is 6.07. The van der Waals surface area contributed by atoms with Crippen LogP contribution in [-0.2, 0) is 36.6 Å². The van der Waals surface area contributed by atoms with Crippen LogP contribution in [0.5, 0.6) is 5.75 Å². The molecule has 1 aromatic heterocycles. The van der Waals surface area contributed by atoms with Crippen LogP contribution in [0.2, 0.25) is 0 Å². The lowest BCUT2D eigenvalue weighted by atomic mass is 10.0. The van der Waals surface area contributed by atoms with Crippen molar-refractivity contribution in [1.29, 1.82) is 0 Å². The number of amides is 1. The lowest BCUT2D eigenvalue weighted by molar-refractivity contribution is -0.136. The first kappa shape index (κ1) is 22.6. The van der Waals surface area contributed by atoms with Gasteiger partial charge in [0.15, 0.2) is 0 Å². The molecule has 1 amide bonds. The van der Waals surface area contributed by atoms with Crippen molar-refractivity contribution < 1.29 is 28.5 Å². The van der Waals surface area contributed by atoms with Crippen molar-refractivity contribution in [3.05, 3.63) is 83.6 Å². The number of fused-ring (bicyclic) bond motifs is 3. The fraction of sp³-hybridized carbons (Fsp3) is 0.259. The number of nitrogens with one attached hydrogen (secondary N) is 1. The number of H-pyrrole nitrogens is 1. The number of methoxy groups -OCH3 is 1. The lowest BCUT2D eigenvalue weighted by Gasteiger charge is -2.18. The molecule has 1 unspecified atom stereocenters. The number of nitrogens with zero attached hydrogens (tertiary/aromatic N) is 1. The Kier molecular flexibility index (Phi) is 6.18. The molecule has 0 saturated carbocycles. The average Bonchev–Trinajstić information content (AvgIpc) is 3.43. The summed E-state index contributed by atoms with van der Waals surface area (Å²) in [4.78, 5) is 31.0. The Morgan fingerprint density at radius 1 is 1.17 bits per heavy atom. The first-order chi connectivity index (χ1) is 17.1. The van der Waals surface area contributed by atoms with Crippen LogP contribution >= 0.6 is 0 Å². The summed E-state index contributed by atoms with van der Waals surface area (Å²) in [7, 11) is 1.61.